The fraction of sp³-hybridized carbons (Fsp3) is 0.588. The second kappa shape index (κ2) is 7.12. The second-order valence-corrected chi connectivity index (χ2v) is 6.99. The number of oxazole rings is 1. The molecule has 0 N–H and O–H groups in total. The monoisotopic (exact) mass is 399 g/mol. The molecule has 0 aliphatic carbocycles. The van der Waals surface area contributed by atoms with Gasteiger partial charge in [-0.3, -0.25) is 9.36 Å². The summed E-state index contributed by atoms with van der Waals surface area (Å²) >= 11 is 0. The van der Waals surface area contributed by atoms with Gasteiger partial charge >= 0.3 is 6.18 Å². The van der Waals surface area contributed by atoms with Crippen molar-refractivity contribution in [1.82, 2.24) is 14.5 Å². The van der Waals surface area contributed by atoms with Gasteiger partial charge in [0.1, 0.15) is 18.1 Å². The predicted octanol–water partition coefficient (Wildman–Crippen LogP) is 1.97. The maximum Gasteiger partial charge on any atom is 0.409 e. The van der Waals surface area contributed by atoms with E-state index in [4.69, 9.17) is 9.15 Å². The molecule has 11 heteroatoms. The van der Waals surface area contributed by atoms with Crippen LogP contribution in [0.15, 0.2) is 27.9 Å². The molecule has 0 aromatic carbocycles. The zero-order valence-electron chi connectivity index (χ0n) is 15.2. The smallest absolute Gasteiger partial charge is 0.409 e. The van der Waals surface area contributed by atoms with E-state index in [1.807, 2.05) is 11.8 Å². The molecule has 0 amide bonds. The molecule has 2 aromatic rings. The van der Waals surface area contributed by atoms with E-state index in [0.717, 1.165) is 4.57 Å². The molecule has 1 fully saturated rings. The highest BCUT2D eigenvalue weighted by Gasteiger charge is 2.45. The topological polar surface area (TPSA) is 76.6 Å². The molecule has 1 saturated heterocycles. The Labute approximate surface area is 158 Å². The van der Waals surface area contributed by atoms with Gasteiger partial charge in [-0.15, -0.1) is 0 Å². The summed E-state index contributed by atoms with van der Waals surface area (Å²) in [5, 5.41) is 0. The van der Waals surface area contributed by atoms with Gasteiger partial charge in [0.05, 0.1) is 31.5 Å². The van der Waals surface area contributed by atoms with Gasteiger partial charge in [0.2, 0.25) is 5.95 Å². The Morgan fingerprint density at radius 1 is 1.32 bits per heavy atom. The van der Waals surface area contributed by atoms with Crippen LogP contribution in [0.2, 0.25) is 0 Å². The minimum atomic E-state index is -4.53. The third kappa shape index (κ3) is 3.46. The van der Waals surface area contributed by atoms with Gasteiger partial charge in [0.15, 0.2) is 6.39 Å². The largest absolute Gasteiger partial charge is 0.451 e. The van der Waals surface area contributed by atoms with Crippen molar-refractivity contribution in [3.8, 4) is 0 Å². The van der Waals surface area contributed by atoms with Crippen molar-refractivity contribution in [2.75, 3.05) is 36.1 Å². The van der Waals surface area contributed by atoms with Crippen molar-refractivity contribution in [3.63, 3.8) is 0 Å². The molecule has 0 spiro atoms. The van der Waals surface area contributed by atoms with Crippen LogP contribution in [0.25, 0.3) is 0 Å². The van der Waals surface area contributed by atoms with Crippen molar-refractivity contribution in [2.45, 2.75) is 38.1 Å². The van der Waals surface area contributed by atoms with Crippen molar-refractivity contribution in [1.29, 1.82) is 0 Å². The molecular weight excluding hydrogens is 379 g/mol. The van der Waals surface area contributed by atoms with Crippen LogP contribution in [0.4, 0.5) is 24.9 Å². The predicted molar refractivity (Wildman–Crippen MR) is 93.4 cm³/mol. The lowest BCUT2D eigenvalue weighted by Gasteiger charge is -2.38. The Morgan fingerprint density at radius 3 is 2.82 bits per heavy atom. The average molecular weight is 399 g/mol. The van der Waals surface area contributed by atoms with Crippen LogP contribution < -0.4 is 15.4 Å². The molecule has 4 heterocycles. The maximum atomic E-state index is 13.6. The first-order valence-electron chi connectivity index (χ1n) is 9.01. The highest BCUT2D eigenvalue weighted by molar-refractivity contribution is 5.47. The van der Waals surface area contributed by atoms with E-state index in [1.54, 1.807) is 4.90 Å². The number of morpholine rings is 1. The van der Waals surface area contributed by atoms with Crippen molar-refractivity contribution >= 4 is 11.8 Å². The summed E-state index contributed by atoms with van der Waals surface area (Å²) in [7, 11) is 0. The molecule has 8 nitrogen and oxygen atoms in total. The summed E-state index contributed by atoms with van der Waals surface area (Å²) < 4.78 is 51.8. The highest BCUT2D eigenvalue weighted by Crippen LogP contribution is 2.38. The molecule has 2 aliphatic rings. The van der Waals surface area contributed by atoms with E-state index < -0.39 is 17.8 Å². The third-order valence-electron chi connectivity index (χ3n) is 5.06. The van der Waals surface area contributed by atoms with Gasteiger partial charge in [0.25, 0.3) is 5.56 Å². The Balaban J connectivity index is 1.78. The molecule has 2 aliphatic heterocycles. The molecule has 0 bridgehead atoms. The number of hydrogen-bond acceptors (Lipinski definition) is 7. The first-order valence-corrected chi connectivity index (χ1v) is 9.01. The lowest BCUT2D eigenvalue weighted by atomic mass is 10.1. The first kappa shape index (κ1) is 18.8. The molecule has 152 valence electrons. The number of aromatic nitrogens is 3. The van der Waals surface area contributed by atoms with Gasteiger partial charge in [-0.05, 0) is 13.3 Å². The molecule has 0 saturated carbocycles. The Kier molecular flexibility index (Phi) is 4.77. The minimum absolute atomic E-state index is 0.00207. The van der Waals surface area contributed by atoms with Crippen LogP contribution in [0.3, 0.4) is 0 Å². The number of ether oxygens (including phenoxy) is 1. The van der Waals surface area contributed by atoms with Gasteiger partial charge in [-0.1, -0.05) is 0 Å². The summed E-state index contributed by atoms with van der Waals surface area (Å²) in [6.07, 6.45) is -2.09. The molecule has 2 aromatic heterocycles. The van der Waals surface area contributed by atoms with E-state index in [0.29, 0.717) is 31.3 Å². The van der Waals surface area contributed by atoms with Gasteiger partial charge in [-0.2, -0.15) is 18.2 Å². The molecule has 2 atom stereocenters. The zero-order valence-corrected chi connectivity index (χ0v) is 15.2. The molecule has 0 radical (unpaired) electrons. The van der Waals surface area contributed by atoms with E-state index in [9.17, 15) is 18.0 Å². The van der Waals surface area contributed by atoms with Crippen LogP contribution in [-0.4, -0.2) is 53.1 Å². The zero-order chi connectivity index (χ0) is 19.9. The Morgan fingerprint density at radius 2 is 2.14 bits per heavy atom. The van der Waals surface area contributed by atoms with Crippen molar-refractivity contribution in [3.05, 3.63) is 34.8 Å². The van der Waals surface area contributed by atoms with Crippen molar-refractivity contribution in [2.24, 2.45) is 0 Å². The van der Waals surface area contributed by atoms with E-state index in [2.05, 4.69) is 9.97 Å². The normalized spacial score (nSPS) is 23.0. The molecular formula is C17H20F3N5O3. The number of nitrogens with zero attached hydrogens (tertiary/aromatic N) is 5. The van der Waals surface area contributed by atoms with Crippen LogP contribution in [0, 0.1) is 0 Å². The van der Waals surface area contributed by atoms with E-state index >= 15 is 0 Å². The van der Waals surface area contributed by atoms with E-state index in [1.165, 1.54) is 18.7 Å². The SMILES string of the molecule is C[C@@H]1COCCN1c1cc(=O)n2c(n1)N(Cc1cocn1)CC[C@@H]2C(F)(F)F. The standard InChI is InChI=1S/C17H20F3N5O3/c1-11-8-27-5-4-24(11)14-6-15(26)25-13(17(18,19)20)2-3-23(16(25)22-14)7-12-9-28-10-21-12/h6,9-11,13H,2-5,7-8H2,1H3/t11-,13-/m1/s1. The summed E-state index contributed by atoms with van der Waals surface area (Å²) in [5.41, 5.74) is -0.165. The number of hydrogen-bond donors (Lipinski definition) is 0. The van der Waals surface area contributed by atoms with Crippen LogP contribution >= 0.6 is 0 Å². The lowest BCUT2D eigenvalue weighted by Crippen LogP contribution is -2.48. The summed E-state index contributed by atoms with van der Waals surface area (Å²) in [5.74, 6) is 0.359. The first-order chi connectivity index (χ1) is 13.3. The number of rotatable bonds is 3. The van der Waals surface area contributed by atoms with Gasteiger partial charge in [-0.25, -0.2) is 4.98 Å². The quantitative estimate of drug-likeness (QED) is 0.781. The van der Waals surface area contributed by atoms with Crippen LogP contribution in [-0.2, 0) is 11.3 Å². The summed E-state index contributed by atoms with van der Waals surface area (Å²) in [6, 6.07) is -0.745. The van der Waals surface area contributed by atoms with Gasteiger partial charge < -0.3 is 19.0 Å². The van der Waals surface area contributed by atoms with E-state index in [-0.39, 0.29) is 31.5 Å². The molecule has 0 unspecified atom stereocenters. The van der Waals surface area contributed by atoms with Crippen LogP contribution in [0.5, 0.6) is 0 Å². The molecule has 4 rings (SSSR count). The van der Waals surface area contributed by atoms with Crippen molar-refractivity contribution < 1.29 is 22.3 Å². The lowest BCUT2D eigenvalue weighted by molar-refractivity contribution is -0.171. The van der Waals surface area contributed by atoms with Gasteiger partial charge in [0, 0.05) is 19.2 Å². The third-order valence-corrected chi connectivity index (χ3v) is 5.06. The number of fused-ring (bicyclic) bond motifs is 1. The Hall–Kier alpha value is -2.56. The minimum Gasteiger partial charge on any atom is -0.451 e. The average Bonchev–Trinajstić information content (AvgIpc) is 3.14. The second-order valence-electron chi connectivity index (χ2n) is 6.99. The summed E-state index contributed by atoms with van der Waals surface area (Å²) in [6.45, 7) is 3.68. The fourth-order valence-corrected chi connectivity index (χ4v) is 3.68. The highest BCUT2D eigenvalue weighted by atomic mass is 19.4. The maximum absolute atomic E-state index is 13.6. The fourth-order valence-electron chi connectivity index (χ4n) is 3.68. The number of anilines is 2. The summed E-state index contributed by atoms with van der Waals surface area (Å²) in [4.78, 5) is 24.8. The number of alkyl halides is 3. The molecule has 28 heavy (non-hydrogen) atoms. The number of halogens is 3. The Bertz CT molecular complexity index is 883. The van der Waals surface area contributed by atoms with Crippen LogP contribution in [0.1, 0.15) is 25.1 Å².